The number of rotatable bonds is 2. The van der Waals surface area contributed by atoms with Crippen molar-refractivity contribution >= 4 is 29.0 Å². The van der Waals surface area contributed by atoms with Gasteiger partial charge in [0.05, 0.1) is 11.4 Å². The predicted octanol–water partition coefficient (Wildman–Crippen LogP) is 3.66. The van der Waals surface area contributed by atoms with Crippen LogP contribution in [0.25, 0.3) is 0 Å². The van der Waals surface area contributed by atoms with Crippen molar-refractivity contribution in [3.8, 4) is 0 Å². The van der Waals surface area contributed by atoms with Gasteiger partial charge in [0.1, 0.15) is 11.6 Å². The Hall–Kier alpha value is -2.21. The Balaban J connectivity index is 2.08. The molecule has 2 aromatic rings. The summed E-state index contributed by atoms with van der Waals surface area (Å²) >= 11 is 5.75. The molecule has 0 saturated carbocycles. The third kappa shape index (κ3) is 3.38. The van der Waals surface area contributed by atoms with E-state index >= 15 is 0 Å². The molecule has 2 N–H and O–H groups in total. The quantitative estimate of drug-likeness (QED) is 0.827. The number of benzene rings is 1. The number of pyridine rings is 1. The van der Waals surface area contributed by atoms with Crippen LogP contribution < -0.4 is 10.6 Å². The Kier molecular flexibility index (Phi) is 3.91. The minimum atomic E-state index is -0.868. The molecule has 1 aromatic carbocycles. The van der Waals surface area contributed by atoms with Crippen molar-refractivity contribution in [2.75, 3.05) is 10.6 Å². The molecule has 19 heavy (non-hydrogen) atoms. The van der Waals surface area contributed by atoms with Gasteiger partial charge in [0, 0.05) is 12.3 Å². The van der Waals surface area contributed by atoms with E-state index in [1.54, 1.807) is 6.07 Å². The Morgan fingerprint density at radius 1 is 1.16 bits per heavy atom. The summed E-state index contributed by atoms with van der Waals surface area (Å²) in [6.45, 7) is 0. The van der Waals surface area contributed by atoms with Gasteiger partial charge in [0.25, 0.3) is 0 Å². The van der Waals surface area contributed by atoms with Gasteiger partial charge in [-0.2, -0.15) is 0 Å². The van der Waals surface area contributed by atoms with E-state index in [1.807, 2.05) is 0 Å². The minimum Gasteiger partial charge on any atom is -0.305 e. The number of nitrogens with zero attached hydrogens (tertiary/aromatic N) is 1. The van der Waals surface area contributed by atoms with Crippen LogP contribution >= 0.6 is 11.6 Å². The smallest absolute Gasteiger partial charge is 0.305 e. The van der Waals surface area contributed by atoms with Crippen LogP contribution in [0.5, 0.6) is 0 Å². The third-order valence-electron chi connectivity index (χ3n) is 2.19. The average molecular weight is 284 g/mol. The van der Waals surface area contributed by atoms with Gasteiger partial charge in [0.2, 0.25) is 0 Å². The first kappa shape index (κ1) is 13.2. The molecule has 0 fully saturated rings. The van der Waals surface area contributed by atoms with Crippen LogP contribution in [0.1, 0.15) is 0 Å². The second-order valence-corrected chi connectivity index (χ2v) is 3.90. The van der Waals surface area contributed by atoms with Crippen LogP contribution in [0.15, 0.2) is 36.5 Å². The highest BCUT2D eigenvalue weighted by molar-refractivity contribution is 6.32. The van der Waals surface area contributed by atoms with Gasteiger partial charge in [-0.3, -0.25) is 0 Å². The number of urea groups is 1. The van der Waals surface area contributed by atoms with Gasteiger partial charge in [-0.1, -0.05) is 11.6 Å². The highest BCUT2D eigenvalue weighted by Gasteiger charge is 2.09. The van der Waals surface area contributed by atoms with Crippen molar-refractivity contribution in [1.29, 1.82) is 0 Å². The molecular weight excluding hydrogens is 276 g/mol. The summed E-state index contributed by atoms with van der Waals surface area (Å²) in [5.74, 6) is -1.59. The highest BCUT2D eigenvalue weighted by atomic mass is 35.5. The lowest BCUT2D eigenvalue weighted by molar-refractivity contribution is 0.262. The predicted molar refractivity (Wildman–Crippen MR) is 68.2 cm³/mol. The molecule has 0 atom stereocenters. The van der Waals surface area contributed by atoms with Crippen molar-refractivity contribution in [2.45, 2.75) is 0 Å². The fourth-order valence-corrected chi connectivity index (χ4v) is 1.51. The van der Waals surface area contributed by atoms with Crippen LogP contribution in [-0.2, 0) is 0 Å². The molecule has 0 unspecified atom stereocenters. The van der Waals surface area contributed by atoms with E-state index in [0.717, 1.165) is 12.1 Å². The number of carbonyl (C=O) groups excluding carboxylic acids is 1. The summed E-state index contributed by atoms with van der Waals surface area (Å²) in [6, 6.07) is 5.24. The lowest BCUT2D eigenvalue weighted by Crippen LogP contribution is -2.20. The number of anilines is 2. The first-order valence-electron chi connectivity index (χ1n) is 5.20. The van der Waals surface area contributed by atoms with E-state index in [1.165, 1.54) is 12.3 Å². The topological polar surface area (TPSA) is 54.0 Å². The van der Waals surface area contributed by atoms with Crippen LogP contribution in [0.4, 0.5) is 25.0 Å². The molecule has 2 amide bonds. The number of aromatic nitrogens is 1. The van der Waals surface area contributed by atoms with Gasteiger partial charge in [-0.15, -0.1) is 0 Å². The number of amides is 2. The standard InChI is InChI=1S/C12H8ClF2N3O/c13-11-10(2-1-5-16-11)18-12(19)17-9-4-3-7(14)6-8(9)15/h1-6H,(H2,17,18,19). The molecular formula is C12H8ClF2N3O. The van der Waals surface area contributed by atoms with E-state index < -0.39 is 17.7 Å². The van der Waals surface area contributed by atoms with Crippen molar-refractivity contribution in [3.63, 3.8) is 0 Å². The lowest BCUT2D eigenvalue weighted by atomic mass is 10.3. The number of hydrogen-bond donors (Lipinski definition) is 2. The Bertz CT molecular complexity index is 622. The summed E-state index contributed by atoms with van der Waals surface area (Å²) in [5, 5.41) is 4.74. The second kappa shape index (κ2) is 5.62. The van der Waals surface area contributed by atoms with Gasteiger partial charge >= 0.3 is 6.03 Å². The van der Waals surface area contributed by atoms with E-state index in [4.69, 9.17) is 11.6 Å². The van der Waals surface area contributed by atoms with Gasteiger partial charge in [-0.05, 0) is 24.3 Å². The zero-order chi connectivity index (χ0) is 13.8. The van der Waals surface area contributed by atoms with E-state index in [9.17, 15) is 13.6 Å². The molecule has 0 radical (unpaired) electrons. The molecule has 1 aromatic heterocycles. The van der Waals surface area contributed by atoms with Crippen molar-refractivity contribution in [3.05, 3.63) is 53.3 Å². The van der Waals surface area contributed by atoms with E-state index in [-0.39, 0.29) is 16.5 Å². The Morgan fingerprint density at radius 3 is 2.58 bits per heavy atom. The molecule has 0 aliphatic heterocycles. The van der Waals surface area contributed by atoms with E-state index in [0.29, 0.717) is 6.07 Å². The SMILES string of the molecule is O=C(Nc1ccc(F)cc1F)Nc1cccnc1Cl. The van der Waals surface area contributed by atoms with Crippen LogP contribution in [0.3, 0.4) is 0 Å². The molecule has 0 spiro atoms. The summed E-state index contributed by atoms with van der Waals surface area (Å²) in [7, 11) is 0. The maximum Gasteiger partial charge on any atom is 0.323 e. The first-order valence-corrected chi connectivity index (χ1v) is 5.57. The lowest BCUT2D eigenvalue weighted by Gasteiger charge is -2.09. The molecule has 4 nitrogen and oxygen atoms in total. The molecule has 0 bridgehead atoms. The summed E-state index contributed by atoms with van der Waals surface area (Å²) in [6.07, 6.45) is 1.46. The second-order valence-electron chi connectivity index (χ2n) is 3.55. The maximum absolute atomic E-state index is 13.3. The van der Waals surface area contributed by atoms with Crippen molar-refractivity contribution in [2.24, 2.45) is 0 Å². The van der Waals surface area contributed by atoms with Crippen molar-refractivity contribution < 1.29 is 13.6 Å². The zero-order valence-corrected chi connectivity index (χ0v) is 10.2. The molecule has 2 rings (SSSR count). The number of hydrogen-bond acceptors (Lipinski definition) is 2. The van der Waals surface area contributed by atoms with Crippen LogP contribution in [0, 0.1) is 11.6 Å². The first-order chi connectivity index (χ1) is 9.06. The summed E-state index contributed by atoms with van der Waals surface area (Å²) in [5.41, 5.74) is 0.142. The fraction of sp³-hybridized carbons (Fsp3) is 0. The molecule has 0 aliphatic rings. The van der Waals surface area contributed by atoms with E-state index in [2.05, 4.69) is 15.6 Å². The highest BCUT2D eigenvalue weighted by Crippen LogP contribution is 2.19. The summed E-state index contributed by atoms with van der Waals surface area (Å²) in [4.78, 5) is 15.4. The third-order valence-corrected chi connectivity index (χ3v) is 2.49. The number of halogens is 3. The molecule has 1 heterocycles. The largest absolute Gasteiger partial charge is 0.323 e. The summed E-state index contributed by atoms with van der Waals surface area (Å²) < 4.78 is 26.0. The Labute approximate surface area is 112 Å². The molecule has 0 saturated heterocycles. The monoisotopic (exact) mass is 283 g/mol. The van der Waals surface area contributed by atoms with Crippen LogP contribution in [0.2, 0.25) is 5.15 Å². The van der Waals surface area contributed by atoms with Crippen LogP contribution in [-0.4, -0.2) is 11.0 Å². The minimum absolute atomic E-state index is 0.109. The normalized spacial score (nSPS) is 10.1. The molecule has 0 aliphatic carbocycles. The number of nitrogens with one attached hydrogen (secondary N) is 2. The molecule has 7 heteroatoms. The van der Waals surface area contributed by atoms with Crippen molar-refractivity contribution in [1.82, 2.24) is 4.98 Å². The Morgan fingerprint density at radius 2 is 1.89 bits per heavy atom. The molecule has 98 valence electrons. The maximum atomic E-state index is 13.3. The average Bonchev–Trinajstić information content (AvgIpc) is 2.36. The van der Waals surface area contributed by atoms with Gasteiger partial charge in [-0.25, -0.2) is 18.6 Å². The zero-order valence-electron chi connectivity index (χ0n) is 9.45. The fourth-order valence-electron chi connectivity index (χ4n) is 1.35. The van der Waals surface area contributed by atoms with Gasteiger partial charge < -0.3 is 10.6 Å². The van der Waals surface area contributed by atoms with Gasteiger partial charge in [0.15, 0.2) is 5.15 Å². The number of carbonyl (C=O) groups is 1.